The molecule has 0 radical (unpaired) electrons. The summed E-state index contributed by atoms with van der Waals surface area (Å²) < 4.78 is 0. The summed E-state index contributed by atoms with van der Waals surface area (Å²) in [4.78, 5) is 29.0. The number of fused-ring (bicyclic) bond motifs is 1. The molecule has 3 nitrogen and oxygen atoms in total. The van der Waals surface area contributed by atoms with E-state index in [1.807, 2.05) is 54.6 Å². The van der Waals surface area contributed by atoms with Crippen LogP contribution in [0.15, 0.2) is 108 Å². The molecule has 168 valence electrons. The average molecular weight is 446 g/mol. The summed E-state index contributed by atoms with van der Waals surface area (Å²) in [6.07, 6.45) is 6.00. The molecular weight excluding hydrogens is 418 g/mol. The Bertz CT molecular complexity index is 1290. The molecule has 0 bridgehead atoms. The summed E-state index contributed by atoms with van der Waals surface area (Å²) in [6.45, 7) is 0. The maximum absolute atomic E-state index is 13.8. The number of benzene rings is 3. The van der Waals surface area contributed by atoms with E-state index in [0.29, 0.717) is 12.1 Å². The van der Waals surface area contributed by atoms with Crippen molar-refractivity contribution in [1.82, 2.24) is 0 Å². The molecule has 0 saturated carbocycles. The van der Waals surface area contributed by atoms with Crippen LogP contribution in [-0.2, 0) is 9.59 Å². The van der Waals surface area contributed by atoms with Crippen LogP contribution in [0.2, 0.25) is 0 Å². The molecule has 34 heavy (non-hydrogen) atoms. The number of anilines is 1. The van der Waals surface area contributed by atoms with Crippen molar-refractivity contribution < 1.29 is 9.59 Å². The normalized spacial score (nSPS) is 25.5. The third kappa shape index (κ3) is 3.43. The fourth-order valence-corrected chi connectivity index (χ4v) is 6.17. The van der Waals surface area contributed by atoms with Crippen LogP contribution in [0.1, 0.15) is 42.7 Å². The first kappa shape index (κ1) is 20.9. The monoisotopic (exact) mass is 445 g/mol. The smallest absolute Gasteiger partial charge is 0.238 e. The Morgan fingerprint density at radius 2 is 1.38 bits per heavy atom. The lowest BCUT2D eigenvalue weighted by Crippen LogP contribution is -2.33. The molecule has 3 aliphatic rings. The van der Waals surface area contributed by atoms with Crippen LogP contribution in [0.3, 0.4) is 0 Å². The maximum atomic E-state index is 13.8. The van der Waals surface area contributed by atoms with E-state index in [2.05, 4.69) is 42.5 Å². The van der Waals surface area contributed by atoms with Crippen molar-refractivity contribution in [2.45, 2.75) is 31.6 Å². The van der Waals surface area contributed by atoms with Gasteiger partial charge in [-0.1, -0.05) is 90.5 Å². The highest BCUT2D eigenvalue weighted by atomic mass is 16.2. The zero-order valence-electron chi connectivity index (χ0n) is 19.1. The molecule has 0 N–H and O–H groups in total. The van der Waals surface area contributed by atoms with Gasteiger partial charge < -0.3 is 0 Å². The molecule has 0 spiro atoms. The van der Waals surface area contributed by atoms with E-state index in [9.17, 15) is 9.59 Å². The molecule has 0 aromatic heterocycles. The van der Waals surface area contributed by atoms with Gasteiger partial charge in [-0.3, -0.25) is 14.5 Å². The first-order valence-corrected chi connectivity index (χ1v) is 12.2. The molecule has 3 unspecified atom stereocenters. The fraction of sp³-hybridized carbons (Fsp3) is 0.226. The summed E-state index contributed by atoms with van der Waals surface area (Å²) >= 11 is 0. The van der Waals surface area contributed by atoms with E-state index in [-0.39, 0.29) is 29.6 Å². The van der Waals surface area contributed by atoms with Crippen molar-refractivity contribution in [2.75, 3.05) is 4.90 Å². The summed E-state index contributed by atoms with van der Waals surface area (Å²) in [5.41, 5.74) is 6.99. The molecule has 1 saturated heterocycles. The van der Waals surface area contributed by atoms with Crippen molar-refractivity contribution in [3.63, 3.8) is 0 Å². The Morgan fingerprint density at radius 3 is 2.09 bits per heavy atom. The molecule has 1 aliphatic heterocycles. The minimum Gasteiger partial charge on any atom is -0.274 e. The number of hydrogen-bond donors (Lipinski definition) is 0. The Kier molecular flexibility index (Phi) is 5.26. The van der Waals surface area contributed by atoms with Gasteiger partial charge in [0.05, 0.1) is 17.5 Å². The molecule has 3 aromatic carbocycles. The molecule has 1 heterocycles. The van der Waals surface area contributed by atoms with E-state index >= 15 is 0 Å². The first-order chi connectivity index (χ1) is 16.7. The van der Waals surface area contributed by atoms with Crippen LogP contribution in [0.4, 0.5) is 5.69 Å². The lowest BCUT2D eigenvalue weighted by atomic mass is 9.63. The molecule has 1 fully saturated rings. The fourth-order valence-electron chi connectivity index (χ4n) is 6.17. The SMILES string of the molecule is O=C1C2CC3=C(CCC/C3=C\c3ccccc3)C(c3ccccc3)C2C(=O)N1c1ccccc1. The number of para-hydroxylation sites is 1. The molecule has 2 amide bonds. The van der Waals surface area contributed by atoms with E-state index in [0.717, 1.165) is 24.8 Å². The lowest BCUT2D eigenvalue weighted by Gasteiger charge is -2.39. The topological polar surface area (TPSA) is 37.4 Å². The minimum absolute atomic E-state index is 0.0548. The molecule has 3 atom stereocenters. The molecule has 3 aromatic rings. The van der Waals surface area contributed by atoms with Crippen molar-refractivity contribution in [3.8, 4) is 0 Å². The summed E-state index contributed by atoms with van der Waals surface area (Å²) in [5.74, 6) is -0.836. The minimum atomic E-state index is -0.343. The van der Waals surface area contributed by atoms with Crippen LogP contribution in [0, 0.1) is 11.8 Å². The Labute approximate surface area is 200 Å². The van der Waals surface area contributed by atoms with Crippen LogP contribution in [0.25, 0.3) is 6.08 Å². The predicted octanol–water partition coefficient (Wildman–Crippen LogP) is 6.54. The largest absolute Gasteiger partial charge is 0.274 e. The first-order valence-electron chi connectivity index (χ1n) is 12.2. The van der Waals surface area contributed by atoms with Gasteiger partial charge in [0.2, 0.25) is 11.8 Å². The van der Waals surface area contributed by atoms with Gasteiger partial charge >= 0.3 is 0 Å². The zero-order chi connectivity index (χ0) is 23.1. The van der Waals surface area contributed by atoms with Crippen LogP contribution >= 0.6 is 0 Å². The quantitative estimate of drug-likeness (QED) is 0.429. The van der Waals surface area contributed by atoms with Gasteiger partial charge in [0.1, 0.15) is 0 Å². The number of allylic oxidation sites excluding steroid dienone is 3. The average Bonchev–Trinajstić information content (AvgIpc) is 3.14. The maximum Gasteiger partial charge on any atom is 0.238 e. The Hall–Kier alpha value is -3.72. The highest BCUT2D eigenvalue weighted by molar-refractivity contribution is 6.22. The molecule has 3 heteroatoms. The Balaban J connectivity index is 1.49. The van der Waals surface area contributed by atoms with Gasteiger partial charge in [-0.25, -0.2) is 0 Å². The van der Waals surface area contributed by atoms with Gasteiger partial charge in [-0.05, 0) is 60.1 Å². The summed E-state index contributed by atoms with van der Waals surface area (Å²) in [6, 6.07) is 30.1. The second-order valence-electron chi connectivity index (χ2n) is 9.51. The lowest BCUT2D eigenvalue weighted by molar-refractivity contribution is -0.122. The third-order valence-electron chi connectivity index (χ3n) is 7.62. The number of nitrogens with zero attached hydrogens (tertiary/aromatic N) is 1. The summed E-state index contributed by atoms with van der Waals surface area (Å²) in [5, 5.41) is 0. The highest BCUT2D eigenvalue weighted by Crippen LogP contribution is 2.54. The zero-order valence-corrected chi connectivity index (χ0v) is 19.1. The van der Waals surface area contributed by atoms with Crippen LogP contribution in [-0.4, -0.2) is 11.8 Å². The van der Waals surface area contributed by atoms with Gasteiger partial charge in [-0.2, -0.15) is 0 Å². The van der Waals surface area contributed by atoms with Gasteiger partial charge in [0.15, 0.2) is 0 Å². The number of rotatable bonds is 3. The molecule has 2 aliphatic carbocycles. The van der Waals surface area contributed by atoms with E-state index < -0.39 is 0 Å². The van der Waals surface area contributed by atoms with E-state index in [1.165, 1.54) is 27.2 Å². The molecular formula is C31H27NO2. The second kappa shape index (κ2) is 8.57. The number of carbonyl (C=O) groups excluding carboxylic acids is 2. The standard InChI is InChI=1S/C31H27NO2/c33-30-27-20-26-23(19-21-11-4-1-5-12-21)15-10-18-25(26)28(22-13-6-2-7-14-22)29(27)31(34)32(30)24-16-8-3-9-17-24/h1-9,11-14,16-17,19,27-29H,10,15,18,20H2/b23-19+. The Morgan fingerprint density at radius 1 is 0.735 bits per heavy atom. The van der Waals surface area contributed by atoms with Crippen molar-refractivity contribution in [1.29, 1.82) is 0 Å². The van der Waals surface area contributed by atoms with Crippen molar-refractivity contribution in [3.05, 3.63) is 119 Å². The third-order valence-corrected chi connectivity index (χ3v) is 7.62. The number of carbonyl (C=O) groups is 2. The predicted molar refractivity (Wildman–Crippen MR) is 135 cm³/mol. The number of imide groups is 1. The van der Waals surface area contributed by atoms with Gasteiger partial charge in [0.25, 0.3) is 0 Å². The number of amides is 2. The van der Waals surface area contributed by atoms with Crippen molar-refractivity contribution >= 4 is 23.6 Å². The van der Waals surface area contributed by atoms with E-state index in [1.54, 1.807) is 0 Å². The highest BCUT2D eigenvalue weighted by Gasteiger charge is 2.55. The number of hydrogen-bond acceptors (Lipinski definition) is 2. The van der Waals surface area contributed by atoms with Crippen LogP contribution in [0.5, 0.6) is 0 Å². The second-order valence-corrected chi connectivity index (χ2v) is 9.51. The summed E-state index contributed by atoms with van der Waals surface area (Å²) in [7, 11) is 0. The van der Waals surface area contributed by atoms with Crippen LogP contribution < -0.4 is 4.90 Å². The van der Waals surface area contributed by atoms with Gasteiger partial charge in [-0.15, -0.1) is 0 Å². The van der Waals surface area contributed by atoms with Crippen molar-refractivity contribution in [2.24, 2.45) is 11.8 Å². The molecule has 6 rings (SSSR count). The van der Waals surface area contributed by atoms with Gasteiger partial charge in [0, 0.05) is 5.92 Å². The van der Waals surface area contributed by atoms with E-state index in [4.69, 9.17) is 0 Å².